The fraction of sp³-hybridized carbons (Fsp3) is 0.400. The van der Waals surface area contributed by atoms with Gasteiger partial charge in [0.2, 0.25) is 26.3 Å². The Morgan fingerprint density at radius 3 is 2.00 bits per heavy atom. The van der Waals surface area contributed by atoms with Crippen LogP contribution in [0.5, 0.6) is 17.2 Å². The molecule has 1 aromatic rings. The third kappa shape index (κ3) is 2.71. The Morgan fingerprint density at radius 2 is 1.44 bits per heavy atom. The van der Waals surface area contributed by atoms with Crippen LogP contribution in [-0.2, 0) is 0 Å². The second-order valence-electron chi connectivity index (χ2n) is 2.80. The summed E-state index contributed by atoms with van der Waals surface area (Å²) in [6, 6.07) is 2.92. The number of alkyl halides is 3. The summed E-state index contributed by atoms with van der Waals surface area (Å²) < 4.78 is 50.1. The van der Waals surface area contributed by atoms with Crippen molar-refractivity contribution in [2.45, 2.75) is 6.92 Å². The van der Waals surface area contributed by atoms with Crippen LogP contribution >= 0.6 is 0 Å². The van der Waals surface area contributed by atoms with Gasteiger partial charge in [-0.3, -0.25) is 0 Å². The standard InChI is InChI=1S/C10H11F3O3/c1-7-2-3-8(14-4-11)10(16-6-13)9(7)15-5-12/h2-3H,4-6H2,1H3. The van der Waals surface area contributed by atoms with Crippen molar-refractivity contribution in [3.05, 3.63) is 17.7 Å². The van der Waals surface area contributed by atoms with Crippen molar-refractivity contribution in [2.75, 3.05) is 20.6 Å². The lowest BCUT2D eigenvalue weighted by Gasteiger charge is -2.14. The second kappa shape index (κ2) is 6.09. The molecule has 90 valence electrons. The largest absolute Gasteiger partial charge is 0.459 e. The van der Waals surface area contributed by atoms with Crippen molar-refractivity contribution < 1.29 is 27.4 Å². The van der Waals surface area contributed by atoms with Gasteiger partial charge in [0.25, 0.3) is 0 Å². The topological polar surface area (TPSA) is 27.7 Å². The molecule has 0 bridgehead atoms. The molecule has 0 unspecified atom stereocenters. The molecule has 6 heteroatoms. The smallest absolute Gasteiger partial charge is 0.229 e. The van der Waals surface area contributed by atoms with Crippen molar-refractivity contribution in [3.63, 3.8) is 0 Å². The van der Waals surface area contributed by atoms with E-state index < -0.39 is 20.6 Å². The van der Waals surface area contributed by atoms with Gasteiger partial charge in [-0.1, -0.05) is 6.07 Å². The van der Waals surface area contributed by atoms with Crippen LogP contribution in [0.25, 0.3) is 0 Å². The summed E-state index contributed by atoms with van der Waals surface area (Å²) in [4.78, 5) is 0. The van der Waals surface area contributed by atoms with E-state index in [2.05, 4.69) is 14.2 Å². The van der Waals surface area contributed by atoms with Gasteiger partial charge >= 0.3 is 0 Å². The molecule has 0 amide bonds. The lowest BCUT2D eigenvalue weighted by molar-refractivity contribution is 0.139. The number of halogens is 3. The van der Waals surface area contributed by atoms with Crippen LogP contribution in [0.3, 0.4) is 0 Å². The third-order valence-electron chi connectivity index (χ3n) is 1.88. The first-order valence-corrected chi connectivity index (χ1v) is 4.44. The molecule has 16 heavy (non-hydrogen) atoms. The molecule has 0 aliphatic rings. The van der Waals surface area contributed by atoms with Crippen molar-refractivity contribution in [2.24, 2.45) is 0 Å². The maximum Gasteiger partial charge on any atom is 0.229 e. The van der Waals surface area contributed by atoms with Crippen molar-refractivity contribution in [1.29, 1.82) is 0 Å². The quantitative estimate of drug-likeness (QED) is 0.760. The Morgan fingerprint density at radius 1 is 0.875 bits per heavy atom. The number of hydrogen-bond acceptors (Lipinski definition) is 3. The molecule has 0 saturated carbocycles. The Kier molecular flexibility index (Phi) is 4.75. The van der Waals surface area contributed by atoms with Crippen molar-refractivity contribution in [1.82, 2.24) is 0 Å². The molecule has 0 radical (unpaired) electrons. The zero-order chi connectivity index (χ0) is 12.0. The van der Waals surface area contributed by atoms with E-state index >= 15 is 0 Å². The van der Waals surface area contributed by atoms with Gasteiger partial charge in [0.1, 0.15) is 0 Å². The molecule has 1 rings (SSSR count). The van der Waals surface area contributed by atoms with Crippen LogP contribution in [0, 0.1) is 6.92 Å². The second-order valence-corrected chi connectivity index (χ2v) is 2.80. The lowest BCUT2D eigenvalue weighted by Crippen LogP contribution is -2.02. The third-order valence-corrected chi connectivity index (χ3v) is 1.88. The van der Waals surface area contributed by atoms with Gasteiger partial charge < -0.3 is 14.2 Å². The Hall–Kier alpha value is -1.59. The lowest BCUT2D eigenvalue weighted by atomic mass is 10.2. The summed E-state index contributed by atoms with van der Waals surface area (Å²) in [6.45, 7) is -1.71. The molecule has 3 nitrogen and oxygen atoms in total. The number of rotatable bonds is 6. The van der Waals surface area contributed by atoms with Crippen LogP contribution < -0.4 is 14.2 Å². The Bertz CT molecular complexity index is 344. The zero-order valence-corrected chi connectivity index (χ0v) is 8.63. The van der Waals surface area contributed by atoms with Crippen molar-refractivity contribution in [3.8, 4) is 17.2 Å². The monoisotopic (exact) mass is 236 g/mol. The molecule has 0 spiro atoms. The summed E-state index contributed by atoms with van der Waals surface area (Å²) >= 11 is 0. The van der Waals surface area contributed by atoms with E-state index in [-0.39, 0.29) is 17.2 Å². The van der Waals surface area contributed by atoms with E-state index in [1.165, 1.54) is 12.1 Å². The highest BCUT2D eigenvalue weighted by Gasteiger charge is 2.15. The highest BCUT2D eigenvalue weighted by atomic mass is 19.1. The van der Waals surface area contributed by atoms with Crippen LogP contribution in [0.15, 0.2) is 12.1 Å². The fourth-order valence-electron chi connectivity index (χ4n) is 1.24. The normalized spacial score (nSPS) is 10.0. The van der Waals surface area contributed by atoms with E-state index in [1.54, 1.807) is 6.92 Å². The van der Waals surface area contributed by atoms with Gasteiger partial charge in [-0.25, -0.2) is 13.2 Å². The SMILES string of the molecule is Cc1ccc(OCF)c(OCF)c1OCF. The van der Waals surface area contributed by atoms with E-state index in [9.17, 15) is 13.2 Å². The van der Waals surface area contributed by atoms with Crippen LogP contribution in [-0.4, -0.2) is 20.6 Å². The number of hydrogen-bond donors (Lipinski definition) is 0. The first-order valence-electron chi connectivity index (χ1n) is 4.44. The minimum Gasteiger partial charge on any atom is -0.459 e. The highest BCUT2D eigenvalue weighted by Crippen LogP contribution is 2.40. The molecule has 0 aliphatic heterocycles. The fourth-order valence-corrected chi connectivity index (χ4v) is 1.24. The first kappa shape index (κ1) is 12.5. The Labute approximate surface area is 90.7 Å². The van der Waals surface area contributed by atoms with Gasteiger partial charge in [-0.05, 0) is 18.6 Å². The van der Waals surface area contributed by atoms with Gasteiger partial charge in [0.15, 0.2) is 11.5 Å². The van der Waals surface area contributed by atoms with Gasteiger partial charge in [-0.15, -0.1) is 0 Å². The molecule has 0 N–H and O–H groups in total. The summed E-state index contributed by atoms with van der Waals surface area (Å²) in [7, 11) is 0. The van der Waals surface area contributed by atoms with Gasteiger partial charge in [0.05, 0.1) is 0 Å². The van der Waals surface area contributed by atoms with Crippen molar-refractivity contribution >= 4 is 0 Å². The zero-order valence-electron chi connectivity index (χ0n) is 8.63. The highest BCUT2D eigenvalue weighted by molar-refractivity contribution is 5.55. The summed E-state index contributed by atoms with van der Waals surface area (Å²) in [6.07, 6.45) is 0. The van der Waals surface area contributed by atoms with Crippen LogP contribution in [0.4, 0.5) is 13.2 Å². The maximum absolute atomic E-state index is 12.1. The molecule has 0 heterocycles. The molecule has 0 atom stereocenters. The summed E-state index contributed by atoms with van der Waals surface area (Å²) in [5, 5.41) is 0. The maximum atomic E-state index is 12.1. The van der Waals surface area contributed by atoms with E-state index in [1.807, 2.05) is 0 Å². The first-order chi connectivity index (χ1) is 7.74. The Balaban J connectivity index is 3.14. The molecular weight excluding hydrogens is 225 g/mol. The van der Waals surface area contributed by atoms with E-state index in [0.29, 0.717) is 5.56 Å². The number of ether oxygens (including phenoxy) is 3. The molecule has 0 saturated heterocycles. The molecule has 1 aromatic carbocycles. The van der Waals surface area contributed by atoms with Crippen LogP contribution in [0.1, 0.15) is 5.56 Å². The average Bonchev–Trinajstić information content (AvgIpc) is 2.27. The minimum atomic E-state index is -1.14. The van der Waals surface area contributed by atoms with Gasteiger partial charge in [0, 0.05) is 0 Å². The molecular formula is C10H11F3O3. The molecule has 0 aliphatic carbocycles. The molecule has 0 aromatic heterocycles. The molecule has 0 fully saturated rings. The van der Waals surface area contributed by atoms with Gasteiger partial charge in [-0.2, -0.15) is 0 Å². The van der Waals surface area contributed by atoms with E-state index in [0.717, 1.165) is 0 Å². The number of benzene rings is 1. The average molecular weight is 236 g/mol. The minimum absolute atomic E-state index is 0.00565. The van der Waals surface area contributed by atoms with E-state index in [4.69, 9.17) is 0 Å². The predicted molar refractivity (Wildman–Crippen MR) is 51.0 cm³/mol. The van der Waals surface area contributed by atoms with Crippen LogP contribution in [0.2, 0.25) is 0 Å². The predicted octanol–water partition coefficient (Wildman–Crippen LogP) is 2.91. The summed E-state index contributed by atoms with van der Waals surface area (Å²) in [5.41, 5.74) is 0.535. The summed E-state index contributed by atoms with van der Waals surface area (Å²) in [5.74, 6) is -0.168. The number of aryl methyl sites for hydroxylation is 1.